The second-order valence-electron chi connectivity index (χ2n) is 6.62. The maximum Gasteiger partial charge on any atom is 0.333 e. The maximum atomic E-state index is 12.9. The van der Waals surface area contributed by atoms with Gasteiger partial charge in [-0.15, -0.1) is 0 Å². The summed E-state index contributed by atoms with van der Waals surface area (Å²) in [5, 5.41) is 18.7. The zero-order valence-electron chi connectivity index (χ0n) is 15.2. The van der Waals surface area contributed by atoms with Crippen LogP contribution in [0.15, 0.2) is 46.1 Å². The van der Waals surface area contributed by atoms with E-state index in [4.69, 9.17) is 9.47 Å². The molecule has 1 aromatic heterocycles. The number of aliphatic hydroxyl groups is 2. The van der Waals surface area contributed by atoms with Crippen LogP contribution in [-0.4, -0.2) is 45.8 Å². The molecule has 3 atom stereocenters. The average molecular weight is 376 g/mol. The number of aliphatic hydroxyl groups excluding tert-OH is 2. The van der Waals surface area contributed by atoms with Crippen molar-refractivity contribution in [3.8, 4) is 5.75 Å². The van der Waals surface area contributed by atoms with Gasteiger partial charge in [0.1, 0.15) is 12.0 Å². The first-order chi connectivity index (χ1) is 13.1. The van der Waals surface area contributed by atoms with Gasteiger partial charge in [0, 0.05) is 24.8 Å². The van der Waals surface area contributed by atoms with Gasteiger partial charge >= 0.3 is 5.69 Å². The number of hydrogen-bond acceptors (Lipinski definition) is 6. The number of methoxy groups -OCH3 is 1. The Morgan fingerprint density at radius 1 is 1.19 bits per heavy atom. The molecular weight excluding hydrogens is 352 g/mol. The lowest BCUT2D eigenvalue weighted by Crippen LogP contribution is -2.41. The molecule has 146 valence electrons. The molecule has 1 aromatic carbocycles. The van der Waals surface area contributed by atoms with Crippen LogP contribution in [0, 0.1) is 5.92 Å². The summed E-state index contributed by atoms with van der Waals surface area (Å²) in [4.78, 5) is 25.2. The quantitative estimate of drug-likeness (QED) is 0.723. The molecule has 0 saturated carbocycles. The number of ether oxygens (including phenoxy) is 2. The molecule has 2 N–H and O–H groups in total. The zero-order chi connectivity index (χ0) is 19.4. The maximum absolute atomic E-state index is 12.9. The van der Waals surface area contributed by atoms with E-state index in [1.807, 2.05) is 0 Å². The third-order valence-corrected chi connectivity index (χ3v) is 4.87. The second-order valence-corrected chi connectivity index (χ2v) is 6.62. The van der Waals surface area contributed by atoms with Crippen molar-refractivity contribution in [3.63, 3.8) is 0 Å². The number of benzene rings is 1. The van der Waals surface area contributed by atoms with Gasteiger partial charge in [-0.3, -0.25) is 13.9 Å². The predicted octanol–water partition coefficient (Wildman–Crippen LogP) is 0.345. The van der Waals surface area contributed by atoms with Crippen molar-refractivity contribution in [1.82, 2.24) is 9.13 Å². The van der Waals surface area contributed by atoms with Crippen LogP contribution in [0.1, 0.15) is 24.6 Å². The van der Waals surface area contributed by atoms with Gasteiger partial charge in [0.25, 0.3) is 5.56 Å². The Morgan fingerprint density at radius 2 is 1.93 bits per heavy atom. The van der Waals surface area contributed by atoms with Gasteiger partial charge in [0.2, 0.25) is 0 Å². The molecule has 8 nitrogen and oxygen atoms in total. The fourth-order valence-electron chi connectivity index (χ4n) is 3.44. The van der Waals surface area contributed by atoms with Crippen LogP contribution in [0.4, 0.5) is 0 Å². The van der Waals surface area contributed by atoms with E-state index in [2.05, 4.69) is 0 Å². The minimum absolute atomic E-state index is 0.0388. The Bertz CT molecular complexity index is 873. The summed E-state index contributed by atoms with van der Waals surface area (Å²) < 4.78 is 13.4. The van der Waals surface area contributed by atoms with Crippen molar-refractivity contribution < 1.29 is 19.7 Å². The Labute approximate surface area is 156 Å². The van der Waals surface area contributed by atoms with E-state index in [0.717, 1.165) is 10.1 Å². The summed E-state index contributed by atoms with van der Waals surface area (Å²) in [6.07, 6.45) is 1.41. The highest BCUT2D eigenvalue weighted by atomic mass is 16.5. The lowest BCUT2D eigenvalue weighted by atomic mass is 10.00. The summed E-state index contributed by atoms with van der Waals surface area (Å²) in [7, 11) is 1.57. The average Bonchev–Trinajstić information content (AvgIpc) is 3.09. The van der Waals surface area contributed by atoms with Crippen molar-refractivity contribution in [3.05, 3.63) is 62.9 Å². The van der Waals surface area contributed by atoms with Gasteiger partial charge < -0.3 is 19.7 Å². The molecule has 27 heavy (non-hydrogen) atoms. The van der Waals surface area contributed by atoms with E-state index >= 15 is 0 Å². The number of nitrogens with zero attached hydrogens (tertiary/aromatic N) is 2. The molecule has 1 saturated heterocycles. The molecule has 3 rings (SSSR count). The minimum atomic E-state index is -0.621. The van der Waals surface area contributed by atoms with Crippen LogP contribution >= 0.6 is 0 Å². The highest BCUT2D eigenvalue weighted by Gasteiger charge is 2.36. The molecule has 0 aliphatic carbocycles. The van der Waals surface area contributed by atoms with E-state index < -0.39 is 17.5 Å². The molecule has 0 bridgehead atoms. The summed E-state index contributed by atoms with van der Waals surface area (Å²) in [5.74, 6) is 0.578. The van der Waals surface area contributed by atoms with Crippen LogP contribution in [0.5, 0.6) is 5.75 Å². The fourth-order valence-corrected chi connectivity index (χ4v) is 3.44. The predicted molar refractivity (Wildman–Crippen MR) is 97.9 cm³/mol. The van der Waals surface area contributed by atoms with Crippen LogP contribution < -0.4 is 16.0 Å². The first-order valence-corrected chi connectivity index (χ1v) is 8.89. The smallest absolute Gasteiger partial charge is 0.333 e. The Kier molecular flexibility index (Phi) is 6.10. The molecule has 1 aliphatic heterocycles. The van der Waals surface area contributed by atoms with Crippen molar-refractivity contribution in [2.24, 2.45) is 5.92 Å². The van der Waals surface area contributed by atoms with Gasteiger partial charge in [-0.05, 0) is 30.5 Å². The SMILES string of the molecule is COc1ccc(Cn2c(=O)ccn(C3O[C@H](CO)C[C@@H]3CCO)c2=O)cc1. The fraction of sp³-hybridized carbons (Fsp3) is 0.474. The summed E-state index contributed by atoms with van der Waals surface area (Å²) in [6, 6.07) is 8.46. The summed E-state index contributed by atoms with van der Waals surface area (Å²) in [6.45, 7) is -0.0646. The van der Waals surface area contributed by atoms with Crippen molar-refractivity contribution in [2.45, 2.75) is 31.7 Å². The van der Waals surface area contributed by atoms with Crippen LogP contribution in [0.2, 0.25) is 0 Å². The summed E-state index contributed by atoms with van der Waals surface area (Å²) in [5.41, 5.74) is -0.0902. The first kappa shape index (κ1) is 19.3. The van der Waals surface area contributed by atoms with Crippen LogP contribution in [-0.2, 0) is 11.3 Å². The largest absolute Gasteiger partial charge is 0.497 e. The standard InChI is InChI=1S/C19H24N2O6/c1-26-15-4-2-13(3-5-15)11-21-17(24)6-8-20(19(21)25)18-14(7-9-22)10-16(12-23)27-18/h2-6,8,14,16,18,22-23H,7,9-12H2,1H3/t14-,16-,18?/m0/s1. The number of aromatic nitrogens is 2. The van der Waals surface area contributed by atoms with Gasteiger partial charge in [0.05, 0.1) is 26.4 Å². The van der Waals surface area contributed by atoms with Crippen LogP contribution in [0.25, 0.3) is 0 Å². The van der Waals surface area contributed by atoms with Crippen molar-refractivity contribution >= 4 is 0 Å². The minimum Gasteiger partial charge on any atom is -0.497 e. The molecule has 1 fully saturated rings. The lowest BCUT2D eigenvalue weighted by molar-refractivity contribution is -0.0380. The Balaban J connectivity index is 1.92. The second kappa shape index (κ2) is 8.51. The molecule has 1 aliphatic rings. The molecular formula is C19H24N2O6. The zero-order valence-corrected chi connectivity index (χ0v) is 15.2. The molecule has 0 radical (unpaired) electrons. The highest BCUT2D eigenvalue weighted by molar-refractivity contribution is 5.27. The Morgan fingerprint density at radius 3 is 2.56 bits per heavy atom. The molecule has 0 amide bonds. The van der Waals surface area contributed by atoms with E-state index in [9.17, 15) is 19.8 Å². The third kappa shape index (κ3) is 4.13. The molecule has 2 aromatic rings. The van der Waals surface area contributed by atoms with Crippen molar-refractivity contribution in [1.29, 1.82) is 0 Å². The van der Waals surface area contributed by atoms with E-state index in [0.29, 0.717) is 18.6 Å². The van der Waals surface area contributed by atoms with Gasteiger partial charge in [-0.1, -0.05) is 12.1 Å². The van der Waals surface area contributed by atoms with E-state index in [1.165, 1.54) is 16.8 Å². The monoisotopic (exact) mass is 376 g/mol. The Hall–Kier alpha value is -2.42. The number of rotatable bonds is 7. The van der Waals surface area contributed by atoms with E-state index in [-0.39, 0.29) is 31.8 Å². The lowest BCUT2D eigenvalue weighted by Gasteiger charge is -2.21. The van der Waals surface area contributed by atoms with Gasteiger partial charge in [0.15, 0.2) is 0 Å². The normalized spacial score (nSPS) is 22.1. The van der Waals surface area contributed by atoms with Crippen molar-refractivity contribution in [2.75, 3.05) is 20.3 Å². The molecule has 1 unspecified atom stereocenters. The van der Waals surface area contributed by atoms with Gasteiger partial charge in [-0.25, -0.2) is 4.79 Å². The molecule has 2 heterocycles. The number of hydrogen-bond donors (Lipinski definition) is 2. The van der Waals surface area contributed by atoms with Crippen LogP contribution in [0.3, 0.4) is 0 Å². The first-order valence-electron chi connectivity index (χ1n) is 8.89. The third-order valence-electron chi connectivity index (χ3n) is 4.87. The molecule has 0 spiro atoms. The highest BCUT2D eigenvalue weighted by Crippen LogP contribution is 2.35. The topological polar surface area (TPSA) is 103 Å². The van der Waals surface area contributed by atoms with Gasteiger partial charge in [-0.2, -0.15) is 0 Å². The molecule has 8 heteroatoms. The van der Waals surface area contributed by atoms with E-state index in [1.54, 1.807) is 31.4 Å². The summed E-state index contributed by atoms with van der Waals surface area (Å²) >= 11 is 0.